The lowest BCUT2D eigenvalue weighted by Crippen LogP contribution is -1.92. The number of nitrogens with zero attached hydrogens (tertiary/aromatic N) is 3. The molecule has 0 saturated heterocycles. The Hall–Kier alpha value is -2.69. The Morgan fingerprint density at radius 2 is 1.89 bits per heavy atom. The average molecular weight is 252 g/mol. The van der Waals surface area contributed by atoms with E-state index in [1.807, 2.05) is 36.4 Å². The van der Waals surface area contributed by atoms with E-state index in [0.717, 1.165) is 22.5 Å². The summed E-state index contributed by atoms with van der Waals surface area (Å²) >= 11 is 0. The largest absolute Gasteiger partial charge is 0.480 e. The summed E-state index contributed by atoms with van der Waals surface area (Å²) in [6.07, 6.45) is 1.73. The fraction of sp³-hybridized carbons (Fsp3) is 0.0714. The monoisotopic (exact) mass is 252 g/mol. The Kier molecular flexibility index (Phi) is 2.94. The van der Waals surface area contributed by atoms with Crippen LogP contribution in [0, 0.1) is 0 Å². The second-order valence-corrected chi connectivity index (χ2v) is 4.01. The van der Waals surface area contributed by atoms with Crippen LogP contribution in [0.4, 0.5) is 0 Å². The number of aromatic nitrogens is 4. The lowest BCUT2D eigenvalue weighted by atomic mass is 10.1. The van der Waals surface area contributed by atoms with E-state index < -0.39 is 0 Å². The zero-order valence-corrected chi connectivity index (χ0v) is 10.4. The zero-order valence-electron chi connectivity index (χ0n) is 10.4. The third-order valence-electron chi connectivity index (χ3n) is 2.82. The maximum Gasteiger partial charge on any atom is 0.233 e. The van der Waals surface area contributed by atoms with Crippen LogP contribution < -0.4 is 4.74 Å². The third kappa shape index (κ3) is 2.30. The van der Waals surface area contributed by atoms with Gasteiger partial charge in [-0.25, -0.2) is 0 Å². The summed E-state index contributed by atoms with van der Waals surface area (Å²) in [5.74, 6) is 0.508. The lowest BCUT2D eigenvalue weighted by molar-refractivity contribution is 0.392. The molecule has 1 N–H and O–H groups in total. The molecule has 5 heteroatoms. The van der Waals surface area contributed by atoms with Gasteiger partial charge in [-0.1, -0.05) is 18.2 Å². The summed E-state index contributed by atoms with van der Waals surface area (Å²) < 4.78 is 5.00. The highest BCUT2D eigenvalue weighted by Gasteiger charge is 2.04. The number of methoxy groups -OCH3 is 1. The lowest BCUT2D eigenvalue weighted by Gasteiger charge is -2.03. The van der Waals surface area contributed by atoms with E-state index in [-0.39, 0.29) is 0 Å². The van der Waals surface area contributed by atoms with Gasteiger partial charge in [0.2, 0.25) is 5.88 Å². The number of nitrogens with one attached hydrogen (secondary N) is 1. The molecule has 5 nitrogen and oxygen atoms in total. The highest BCUT2D eigenvalue weighted by Crippen LogP contribution is 2.23. The van der Waals surface area contributed by atoms with Gasteiger partial charge in [-0.3, -0.25) is 5.10 Å². The van der Waals surface area contributed by atoms with Crippen LogP contribution in [-0.4, -0.2) is 27.5 Å². The Morgan fingerprint density at radius 3 is 2.58 bits per heavy atom. The van der Waals surface area contributed by atoms with E-state index in [2.05, 4.69) is 20.4 Å². The van der Waals surface area contributed by atoms with Gasteiger partial charge in [0.25, 0.3) is 0 Å². The van der Waals surface area contributed by atoms with Gasteiger partial charge >= 0.3 is 0 Å². The van der Waals surface area contributed by atoms with Crippen molar-refractivity contribution in [3.8, 4) is 28.4 Å². The summed E-state index contributed by atoms with van der Waals surface area (Å²) in [5.41, 5.74) is 3.85. The molecule has 0 fully saturated rings. The van der Waals surface area contributed by atoms with Gasteiger partial charge in [-0.05, 0) is 18.2 Å². The van der Waals surface area contributed by atoms with E-state index >= 15 is 0 Å². The number of benzene rings is 1. The van der Waals surface area contributed by atoms with Crippen molar-refractivity contribution < 1.29 is 4.74 Å². The molecule has 0 atom stereocenters. The first-order valence-corrected chi connectivity index (χ1v) is 5.85. The number of rotatable bonds is 3. The van der Waals surface area contributed by atoms with Crippen LogP contribution in [0.2, 0.25) is 0 Å². The smallest absolute Gasteiger partial charge is 0.233 e. The first-order valence-electron chi connectivity index (χ1n) is 5.85. The fourth-order valence-electron chi connectivity index (χ4n) is 1.85. The van der Waals surface area contributed by atoms with Gasteiger partial charge in [-0.15, -0.1) is 10.2 Å². The molecular weight excluding hydrogens is 240 g/mol. The molecule has 2 heterocycles. The molecule has 0 unspecified atom stereocenters. The van der Waals surface area contributed by atoms with E-state index in [4.69, 9.17) is 4.74 Å². The summed E-state index contributed by atoms with van der Waals surface area (Å²) in [5, 5.41) is 15.0. The number of hydrogen-bond acceptors (Lipinski definition) is 4. The zero-order chi connectivity index (χ0) is 13.1. The molecule has 3 rings (SSSR count). The molecule has 1 aromatic carbocycles. The Balaban J connectivity index is 1.98. The van der Waals surface area contributed by atoms with Crippen molar-refractivity contribution in [1.29, 1.82) is 0 Å². The van der Waals surface area contributed by atoms with Crippen LogP contribution in [0.25, 0.3) is 22.5 Å². The minimum Gasteiger partial charge on any atom is -0.480 e. The molecular formula is C14H12N4O. The van der Waals surface area contributed by atoms with Crippen LogP contribution in [0.1, 0.15) is 0 Å². The van der Waals surface area contributed by atoms with Crippen LogP contribution >= 0.6 is 0 Å². The van der Waals surface area contributed by atoms with Gasteiger partial charge in [0.1, 0.15) is 0 Å². The summed E-state index contributed by atoms with van der Waals surface area (Å²) in [7, 11) is 1.57. The third-order valence-corrected chi connectivity index (χ3v) is 2.82. The van der Waals surface area contributed by atoms with Crippen molar-refractivity contribution in [2.75, 3.05) is 7.11 Å². The highest BCUT2D eigenvalue weighted by atomic mass is 16.5. The molecule has 0 amide bonds. The normalized spacial score (nSPS) is 10.4. The van der Waals surface area contributed by atoms with Gasteiger partial charge in [-0.2, -0.15) is 5.10 Å². The summed E-state index contributed by atoms with van der Waals surface area (Å²) in [6.45, 7) is 0. The van der Waals surface area contributed by atoms with Crippen molar-refractivity contribution in [3.63, 3.8) is 0 Å². The SMILES string of the molecule is COc1ccc(-c2cccc(-c3ccn[nH]3)c2)nn1. The van der Waals surface area contributed by atoms with Crippen LogP contribution in [0.3, 0.4) is 0 Å². The minimum atomic E-state index is 0.508. The van der Waals surface area contributed by atoms with E-state index in [1.165, 1.54) is 0 Å². The molecule has 0 aliphatic heterocycles. The predicted molar refractivity (Wildman–Crippen MR) is 71.6 cm³/mol. The number of hydrogen-bond donors (Lipinski definition) is 1. The summed E-state index contributed by atoms with van der Waals surface area (Å²) in [6, 6.07) is 13.7. The first-order chi connectivity index (χ1) is 9.36. The van der Waals surface area contributed by atoms with Gasteiger partial charge in [0.05, 0.1) is 18.5 Å². The molecule has 0 saturated carbocycles. The quantitative estimate of drug-likeness (QED) is 0.778. The Labute approximate surface area is 110 Å². The summed E-state index contributed by atoms with van der Waals surface area (Å²) in [4.78, 5) is 0. The second-order valence-electron chi connectivity index (χ2n) is 4.01. The molecule has 2 aromatic heterocycles. The Bertz CT molecular complexity index is 662. The van der Waals surface area contributed by atoms with Crippen LogP contribution in [0.15, 0.2) is 48.7 Å². The second kappa shape index (κ2) is 4.89. The molecule has 0 bridgehead atoms. The van der Waals surface area contributed by atoms with Crippen molar-refractivity contribution in [3.05, 3.63) is 48.7 Å². The molecule has 0 aliphatic carbocycles. The molecule has 3 aromatic rings. The number of H-pyrrole nitrogens is 1. The van der Waals surface area contributed by atoms with E-state index in [9.17, 15) is 0 Å². The highest BCUT2D eigenvalue weighted by molar-refractivity contribution is 5.68. The average Bonchev–Trinajstić information content (AvgIpc) is 3.02. The fourth-order valence-corrected chi connectivity index (χ4v) is 1.85. The maximum atomic E-state index is 5.00. The van der Waals surface area contributed by atoms with Gasteiger partial charge in [0, 0.05) is 23.4 Å². The van der Waals surface area contributed by atoms with Crippen molar-refractivity contribution >= 4 is 0 Å². The minimum absolute atomic E-state index is 0.508. The number of ether oxygens (including phenoxy) is 1. The maximum absolute atomic E-state index is 5.00. The Morgan fingerprint density at radius 1 is 1.00 bits per heavy atom. The topological polar surface area (TPSA) is 63.7 Å². The van der Waals surface area contributed by atoms with Crippen molar-refractivity contribution in [2.45, 2.75) is 0 Å². The van der Waals surface area contributed by atoms with Crippen molar-refractivity contribution in [2.24, 2.45) is 0 Å². The van der Waals surface area contributed by atoms with Crippen LogP contribution in [-0.2, 0) is 0 Å². The van der Waals surface area contributed by atoms with E-state index in [1.54, 1.807) is 19.4 Å². The number of aromatic amines is 1. The molecule has 0 radical (unpaired) electrons. The van der Waals surface area contributed by atoms with E-state index in [0.29, 0.717) is 5.88 Å². The van der Waals surface area contributed by atoms with Gasteiger partial charge in [0.15, 0.2) is 0 Å². The van der Waals surface area contributed by atoms with Gasteiger partial charge < -0.3 is 4.74 Å². The standard InChI is InChI=1S/C14H12N4O/c1-19-14-6-5-12(17-18-14)10-3-2-4-11(9-10)13-7-8-15-16-13/h2-9H,1H3,(H,15,16). The predicted octanol–water partition coefficient (Wildman–Crippen LogP) is 2.54. The molecule has 94 valence electrons. The first kappa shape index (κ1) is 11.4. The van der Waals surface area contributed by atoms with Crippen molar-refractivity contribution in [1.82, 2.24) is 20.4 Å². The molecule has 0 aliphatic rings. The van der Waals surface area contributed by atoms with Crippen LogP contribution in [0.5, 0.6) is 5.88 Å². The molecule has 0 spiro atoms. The molecule has 19 heavy (non-hydrogen) atoms.